The normalized spacial score (nSPS) is 11.9. The zero-order chi connectivity index (χ0) is 17.8. The lowest BCUT2D eigenvalue weighted by molar-refractivity contribution is -0.126. The molecule has 0 fully saturated rings. The molecular formula is C18H28N2O3. The van der Waals surface area contributed by atoms with Crippen LogP contribution in [0, 0.1) is 12.3 Å². The van der Waals surface area contributed by atoms with Crippen molar-refractivity contribution in [2.45, 2.75) is 53.5 Å². The molecule has 0 saturated heterocycles. The summed E-state index contributed by atoms with van der Waals surface area (Å²) in [5.74, 6) is -0.909. The molecule has 3 N–H and O–H groups in total. The van der Waals surface area contributed by atoms with Gasteiger partial charge in [-0.2, -0.15) is 0 Å². The summed E-state index contributed by atoms with van der Waals surface area (Å²) in [6.07, 6.45) is 0.810. The Hall–Kier alpha value is -2.04. The van der Waals surface area contributed by atoms with Crippen molar-refractivity contribution < 1.29 is 14.3 Å². The second kappa shape index (κ2) is 7.02. The number of hydrogen-bond donors (Lipinski definition) is 2. The van der Waals surface area contributed by atoms with Gasteiger partial charge in [-0.1, -0.05) is 32.9 Å². The maximum atomic E-state index is 12.0. The van der Waals surface area contributed by atoms with Gasteiger partial charge in [0.05, 0.1) is 5.56 Å². The number of rotatable bonds is 5. The van der Waals surface area contributed by atoms with Crippen molar-refractivity contribution >= 4 is 17.6 Å². The summed E-state index contributed by atoms with van der Waals surface area (Å²) in [6, 6.07) is 5.13. The Labute approximate surface area is 138 Å². The van der Waals surface area contributed by atoms with Crippen LogP contribution < -0.4 is 11.1 Å². The standard InChI is InChI=1S/C18H28N2O3/c1-12-8-7-9-13(15(12)19)16(22)23-10-14(21)20-18(5,6)11-17(2,3)4/h7-9H,10-11,19H2,1-6H3,(H,20,21). The van der Waals surface area contributed by atoms with E-state index in [2.05, 4.69) is 26.1 Å². The summed E-state index contributed by atoms with van der Waals surface area (Å²) in [7, 11) is 0. The van der Waals surface area contributed by atoms with E-state index in [1.807, 2.05) is 26.8 Å². The number of amides is 1. The first kappa shape index (κ1) is 19.0. The van der Waals surface area contributed by atoms with Crippen molar-refractivity contribution in [3.63, 3.8) is 0 Å². The van der Waals surface area contributed by atoms with Gasteiger partial charge in [0.25, 0.3) is 5.91 Å². The third-order valence-corrected chi connectivity index (χ3v) is 3.33. The van der Waals surface area contributed by atoms with Crippen LogP contribution in [0.5, 0.6) is 0 Å². The highest BCUT2D eigenvalue weighted by Gasteiger charge is 2.27. The quantitative estimate of drug-likeness (QED) is 0.645. The SMILES string of the molecule is Cc1cccc(C(=O)OCC(=O)NC(C)(C)CC(C)(C)C)c1N. The largest absolute Gasteiger partial charge is 0.452 e. The van der Waals surface area contributed by atoms with Crippen LogP contribution in [0.1, 0.15) is 57.0 Å². The predicted octanol–water partition coefficient (Wildman–Crippen LogP) is 3.07. The van der Waals surface area contributed by atoms with Gasteiger partial charge in [0.1, 0.15) is 0 Å². The fourth-order valence-electron chi connectivity index (χ4n) is 2.85. The van der Waals surface area contributed by atoms with Gasteiger partial charge >= 0.3 is 5.97 Å². The summed E-state index contributed by atoms with van der Waals surface area (Å²) < 4.78 is 5.07. The van der Waals surface area contributed by atoms with Crippen molar-refractivity contribution in [1.29, 1.82) is 0 Å². The number of anilines is 1. The van der Waals surface area contributed by atoms with Crippen LogP contribution in [0.2, 0.25) is 0 Å². The second-order valence-electron chi connectivity index (χ2n) is 7.78. The maximum absolute atomic E-state index is 12.0. The molecule has 128 valence electrons. The van der Waals surface area contributed by atoms with Crippen LogP contribution in [0.15, 0.2) is 18.2 Å². The molecule has 1 amide bonds. The number of benzene rings is 1. The Bertz CT molecular complexity index is 586. The highest BCUT2D eigenvalue weighted by molar-refractivity contribution is 5.96. The lowest BCUT2D eigenvalue weighted by Crippen LogP contribution is -2.47. The molecule has 5 heteroatoms. The van der Waals surface area contributed by atoms with Crippen molar-refractivity contribution in [1.82, 2.24) is 5.32 Å². The molecule has 0 spiro atoms. The van der Waals surface area contributed by atoms with Crippen molar-refractivity contribution in [3.8, 4) is 0 Å². The summed E-state index contributed by atoms with van der Waals surface area (Å²) in [4.78, 5) is 24.0. The van der Waals surface area contributed by atoms with Crippen LogP contribution in [0.4, 0.5) is 5.69 Å². The van der Waals surface area contributed by atoms with Crippen molar-refractivity contribution in [2.24, 2.45) is 5.41 Å². The summed E-state index contributed by atoms with van der Waals surface area (Å²) in [6.45, 7) is 11.7. The molecule has 0 aliphatic carbocycles. The lowest BCUT2D eigenvalue weighted by Gasteiger charge is -2.33. The number of nitrogen functional groups attached to an aromatic ring is 1. The van der Waals surface area contributed by atoms with Crippen molar-refractivity contribution in [3.05, 3.63) is 29.3 Å². The Morgan fingerprint density at radius 1 is 1.17 bits per heavy atom. The lowest BCUT2D eigenvalue weighted by atomic mass is 9.82. The first-order valence-electron chi connectivity index (χ1n) is 7.74. The maximum Gasteiger partial charge on any atom is 0.340 e. The Morgan fingerprint density at radius 3 is 2.35 bits per heavy atom. The Morgan fingerprint density at radius 2 is 1.78 bits per heavy atom. The van der Waals surface area contributed by atoms with E-state index in [9.17, 15) is 9.59 Å². The van der Waals surface area contributed by atoms with Crippen LogP contribution >= 0.6 is 0 Å². The van der Waals surface area contributed by atoms with Gasteiger partial charge < -0.3 is 15.8 Å². The Balaban J connectivity index is 2.59. The second-order valence-corrected chi connectivity index (χ2v) is 7.78. The van der Waals surface area contributed by atoms with Gasteiger partial charge in [-0.25, -0.2) is 4.79 Å². The van der Waals surface area contributed by atoms with Crippen LogP contribution in [-0.2, 0) is 9.53 Å². The van der Waals surface area contributed by atoms with E-state index in [0.29, 0.717) is 5.69 Å². The minimum atomic E-state index is -0.588. The Kier molecular flexibility index (Phi) is 5.81. The number of aryl methyl sites for hydroxylation is 1. The zero-order valence-electron chi connectivity index (χ0n) is 14.9. The average molecular weight is 320 g/mol. The van der Waals surface area contributed by atoms with Gasteiger partial charge in [0.2, 0.25) is 0 Å². The van der Waals surface area contributed by atoms with Crippen LogP contribution in [0.3, 0.4) is 0 Å². The molecule has 0 aromatic heterocycles. The molecule has 1 aromatic carbocycles. The van der Waals surface area contributed by atoms with Gasteiger partial charge in [-0.15, -0.1) is 0 Å². The first-order chi connectivity index (χ1) is 10.4. The molecule has 0 aliphatic rings. The minimum absolute atomic E-state index is 0.0868. The number of carbonyl (C=O) groups is 2. The molecule has 1 rings (SSSR count). The van der Waals surface area contributed by atoms with E-state index < -0.39 is 5.97 Å². The monoisotopic (exact) mass is 320 g/mol. The summed E-state index contributed by atoms with van der Waals surface area (Å²) >= 11 is 0. The van der Waals surface area contributed by atoms with Crippen LogP contribution in [0.25, 0.3) is 0 Å². The highest BCUT2D eigenvalue weighted by atomic mass is 16.5. The average Bonchev–Trinajstić information content (AvgIpc) is 2.35. The van der Waals surface area contributed by atoms with E-state index in [-0.39, 0.29) is 29.0 Å². The predicted molar refractivity (Wildman–Crippen MR) is 92.2 cm³/mol. The molecule has 0 unspecified atom stereocenters. The van der Waals surface area contributed by atoms with E-state index in [4.69, 9.17) is 10.5 Å². The molecule has 0 bridgehead atoms. The zero-order valence-corrected chi connectivity index (χ0v) is 14.9. The number of hydrogen-bond acceptors (Lipinski definition) is 4. The fraction of sp³-hybridized carbons (Fsp3) is 0.556. The van der Waals surface area contributed by atoms with Gasteiger partial charge in [-0.3, -0.25) is 4.79 Å². The highest BCUT2D eigenvalue weighted by Crippen LogP contribution is 2.26. The molecule has 5 nitrogen and oxygen atoms in total. The smallest absolute Gasteiger partial charge is 0.340 e. The molecule has 0 atom stereocenters. The molecule has 0 heterocycles. The van der Waals surface area contributed by atoms with Gasteiger partial charge in [-0.05, 0) is 44.2 Å². The molecule has 23 heavy (non-hydrogen) atoms. The number of nitrogens with two attached hydrogens (primary N) is 1. The number of esters is 1. The number of nitrogens with one attached hydrogen (secondary N) is 1. The molecule has 0 saturated carbocycles. The first-order valence-corrected chi connectivity index (χ1v) is 7.74. The van der Waals surface area contributed by atoms with E-state index in [1.54, 1.807) is 12.1 Å². The number of carbonyl (C=O) groups excluding carboxylic acids is 2. The van der Waals surface area contributed by atoms with Crippen LogP contribution in [-0.4, -0.2) is 24.0 Å². The molecular weight excluding hydrogens is 292 g/mol. The summed E-state index contributed by atoms with van der Waals surface area (Å²) in [5.41, 5.74) is 7.04. The topological polar surface area (TPSA) is 81.4 Å². The molecule has 0 aliphatic heterocycles. The van der Waals surface area contributed by atoms with Gasteiger partial charge in [0, 0.05) is 11.2 Å². The van der Waals surface area contributed by atoms with E-state index in [0.717, 1.165) is 12.0 Å². The number of ether oxygens (including phenoxy) is 1. The van der Waals surface area contributed by atoms with Crippen molar-refractivity contribution in [2.75, 3.05) is 12.3 Å². The van der Waals surface area contributed by atoms with E-state index in [1.165, 1.54) is 0 Å². The third-order valence-electron chi connectivity index (χ3n) is 3.33. The number of para-hydroxylation sites is 1. The fourth-order valence-corrected chi connectivity index (χ4v) is 2.85. The molecule has 0 radical (unpaired) electrons. The third kappa shape index (κ3) is 6.30. The summed E-state index contributed by atoms with van der Waals surface area (Å²) in [5, 5.41) is 2.90. The van der Waals surface area contributed by atoms with E-state index >= 15 is 0 Å². The molecule has 1 aromatic rings. The van der Waals surface area contributed by atoms with Gasteiger partial charge in [0.15, 0.2) is 6.61 Å². The minimum Gasteiger partial charge on any atom is -0.452 e.